The van der Waals surface area contributed by atoms with Gasteiger partial charge in [-0.25, -0.2) is 0 Å². The smallest absolute Gasteiger partial charge is 0.255 e. The van der Waals surface area contributed by atoms with Crippen molar-refractivity contribution in [1.29, 1.82) is 0 Å². The second-order valence-corrected chi connectivity index (χ2v) is 5.05. The lowest BCUT2D eigenvalue weighted by Crippen LogP contribution is -2.46. The lowest BCUT2D eigenvalue weighted by Gasteiger charge is -2.29. The molecule has 1 aromatic rings. The molecule has 0 aromatic heterocycles. The van der Waals surface area contributed by atoms with E-state index in [0.29, 0.717) is 17.7 Å². The number of benzene rings is 1. The maximum absolute atomic E-state index is 12.4. The lowest BCUT2D eigenvalue weighted by molar-refractivity contribution is 0.0883. The van der Waals surface area contributed by atoms with E-state index in [4.69, 9.17) is 9.84 Å². The van der Waals surface area contributed by atoms with E-state index in [1.165, 1.54) is 0 Å². The van der Waals surface area contributed by atoms with Gasteiger partial charge < -0.3 is 15.2 Å². The van der Waals surface area contributed by atoms with Gasteiger partial charge in [-0.2, -0.15) is 0 Å². The van der Waals surface area contributed by atoms with Crippen LogP contribution in [0, 0.1) is 6.92 Å². The zero-order valence-electron chi connectivity index (χ0n) is 12.1. The van der Waals surface area contributed by atoms with E-state index in [1.54, 1.807) is 13.2 Å². The third-order valence-electron chi connectivity index (χ3n) is 3.46. The largest absolute Gasteiger partial charge is 0.496 e. The number of carbonyl (C=O) groups is 1. The van der Waals surface area contributed by atoms with Crippen molar-refractivity contribution < 1.29 is 14.6 Å². The van der Waals surface area contributed by atoms with Crippen LogP contribution in [0.15, 0.2) is 18.2 Å². The van der Waals surface area contributed by atoms with Crippen LogP contribution in [0.25, 0.3) is 0 Å². The molecule has 0 aliphatic carbocycles. The van der Waals surface area contributed by atoms with Crippen molar-refractivity contribution >= 4 is 5.91 Å². The summed E-state index contributed by atoms with van der Waals surface area (Å²) in [6.07, 6.45) is 1.29. The van der Waals surface area contributed by atoms with E-state index < -0.39 is 5.54 Å². The Bertz CT molecular complexity index is 445. The van der Waals surface area contributed by atoms with Gasteiger partial charge in [-0.3, -0.25) is 4.79 Å². The molecule has 0 radical (unpaired) electrons. The molecule has 2 N–H and O–H groups in total. The summed E-state index contributed by atoms with van der Waals surface area (Å²) in [6.45, 7) is 5.91. The average Bonchev–Trinajstić information content (AvgIpc) is 2.38. The summed E-state index contributed by atoms with van der Waals surface area (Å²) in [7, 11) is 1.55. The minimum Gasteiger partial charge on any atom is -0.496 e. The van der Waals surface area contributed by atoms with Crippen molar-refractivity contribution in [2.24, 2.45) is 0 Å². The molecule has 106 valence electrons. The van der Waals surface area contributed by atoms with Crippen LogP contribution in [0.1, 0.15) is 42.6 Å². The Morgan fingerprint density at radius 2 is 2.16 bits per heavy atom. The molecule has 19 heavy (non-hydrogen) atoms. The topological polar surface area (TPSA) is 58.6 Å². The van der Waals surface area contributed by atoms with Gasteiger partial charge in [0.25, 0.3) is 5.91 Å². The average molecular weight is 265 g/mol. The highest BCUT2D eigenvalue weighted by molar-refractivity contribution is 5.97. The summed E-state index contributed by atoms with van der Waals surface area (Å²) < 4.78 is 5.22. The first-order chi connectivity index (χ1) is 8.95. The number of ether oxygens (including phenoxy) is 1. The molecule has 1 unspecified atom stereocenters. The zero-order chi connectivity index (χ0) is 14.5. The second kappa shape index (κ2) is 6.57. The second-order valence-electron chi connectivity index (χ2n) is 5.05. The number of aryl methyl sites for hydroxylation is 1. The quantitative estimate of drug-likeness (QED) is 0.829. The van der Waals surface area contributed by atoms with Crippen LogP contribution in [0.2, 0.25) is 0 Å². The van der Waals surface area contributed by atoms with Crippen LogP contribution < -0.4 is 10.1 Å². The van der Waals surface area contributed by atoms with Gasteiger partial charge in [0.05, 0.1) is 12.7 Å². The third-order valence-corrected chi connectivity index (χ3v) is 3.46. The molecule has 4 heteroatoms. The number of hydrogen-bond donors (Lipinski definition) is 2. The van der Waals surface area contributed by atoms with Gasteiger partial charge in [-0.1, -0.05) is 18.6 Å². The number of carbonyl (C=O) groups excluding carboxylic acids is 1. The van der Waals surface area contributed by atoms with Crippen LogP contribution in [-0.2, 0) is 0 Å². The Labute approximate surface area is 114 Å². The monoisotopic (exact) mass is 265 g/mol. The Morgan fingerprint density at radius 1 is 1.47 bits per heavy atom. The fourth-order valence-corrected chi connectivity index (χ4v) is 1.92. The van der Waals surface area contributed by atoms with Gasteiger partial charge in [0.1, 0.15) is 5.75 Å². The van der Waals surface area contributed by atoms with E-state index >= 15 is 0 Å². The highest BCUT2D eigenvalue weighted by atomic mass is 16.5. The predicted octanol–water partition coefficient (Wildman–Crippen LogP) is 2.28. The Morgan fingerprint density at radius 3 is 2.68 bits per heavy atom. The predicted molar refractivity (Wildman–Crippen MR) is 75.6 cm³/mol. The molecular formula is C15H23NO3. The summed E-state index contributed by atoms with van der Waals surface area (Å²) in [4.78, 5) is 12.4. The Kier molecular flexibility index (Phi) is 5.36. The lowest BCUT2D eigenvalue weighted by atomic mass is 9.94. The number of rotatable bonds is 6. The highest BCUT2D eigenvalue weighted by Gasteiger charge is 2.25. The molecule has 1 atom stereocenters. The normalized spacial score (nSPS) is 13.7. The minimum absolute atomic E-state index is 0.0512. The van der Waals surface area contributed by atoms with E-state index in [2.05, 4.69) is 5.32 Å². The SMILES string of the molecule is CCC(C)(CCO)NC(=O)c1cc(C)ccc1OC. The van der Waals surface area contributed by atoms with Crippen molar-refractivity contribution in [2.75, 3.05) is 13.7 Å². The third kappa shape index (κ3) is 3.96. The molecule has 0 bridgehead atoms. The zero-order valence-corrected chi connectivity index (χ0v) is 12.1. The van der Waals surface area contributed by atoms with E-state index in [0.717, 1.165) is 12.0 Å². The molecule has 0 spiro atoms. The van der Waals surface area contributed by atoms with E-state index in [9.17, 15) is 4.79 Å². The first-order valence-corrected chi connectivity index (χ1v) is 6.53. The van der Waals surface area contributed by atoms with Crippen molar-refractivity contribution in [3.05, 3.63) is 29.3 Å². The number of hydrogen-bond acceptors (Lipinski definition) is 3. The summed E-state index contributed by atoms with van der Waals surface area (Å²) in [5, 5.41) is 12.1. The van der Waals surface area contributed by atoms with Crippen molar-refractivity contribution in [3.63, 3.8) is 0 Å². The Hall–Kier alpha value is -1.55. The fraction of sp³-hybridized carbons (Fsp3) is 0.533. The first kappa shape index (κ1) is 15.5. The van der Waals surface area contributed by atoms with Gasteiger partial charge in [-0.05, 0) is 38.8 Å². The molecule has 1 rings (SSSR count). The standard InChI is InChI=1S/C15H23NO3/c1-5-15(3,8-9-17)16-14(18)12-10-11(2)6-7-13(12)19-4/h6-7,10,17H,5,8-9H2,1-4H3,(H,16,18). The van der Waals surface area contributed by atoms with Crippen LogP contribution >= 0.6 is 0 Å². The van der Waals surface area contributed by atoms with Crippen molar-refractivity contribution in [2.45, 2.75) is 39.2 Å². The minimum atomic E-state index is -0.402. The molecule has 0 fully saturated rings. The number of amides is 1. The van der Waals surface area contributed by atoms with Crippen LogP contribution in [-0.4, -0.2) is 30.3 Å². The van der Waals surface area contributed by atoms with Crippen molar-refractivity contribution in [1.82, 2.24) is 5.32 Å². The maximum Gasteiger partial charge on any atom is 0.255 e. The molecule has 0 saturated heterocycles. The van der Waals surface area contributed by atoms with Gasteiger partial charge in [0.15, 0.2) is 0 Å². The molecule has 1 amide bonds. The molecule has 0 aliphatic heterocycles. The van der Waals surface area contributed by atoms with Gasteiger partial charge >= 0.3 is 0 Å². The van der Waals surface area contributed by atoms with E-state index in [-0.39, 0.29) is 12.5 Å². The Balaban J connectivity index is 2.97. The van der Waals surface area contributed by atoms with Crippen LogP contribution in [0.5, 0.6) is 5.75 Å². The van der Waals surface area contributed by atoms with Crippen molar-refractivity contribution in [3.8, 4) is 5.75 Å². The molecule has 0 saturated carbocycles. The number of aliphatic hydroxyl groups excluding tert-OH is 1. The van der Waals surface area contributed by atoms with Gasteiger partial charge in [0, 0.05) is 12.1 Å². The van der Waals surface area contributed by atoms with Gasteiger partial charge in [0.2, 0.25) is 0 Å². The molecule has 0 aliphatic rings. The molecule has 4 nitrogen and oxygen atoms in total. The van der Waals surface area contributed by atoms with E-state index in [1.807, 2.05) is 32.9 Å². The first-order valence-electron chi connectivity index (χ1n) is 6.53. The highest BCUT2D eigenvalue weighted by Crippen LogP contribution is 2.22. The summed E-state index contributed by atoms with van der Waals surface area (Å²) >= 11 is 0. The summed E-state index contributed by atoms with van der Waals surface area (Å²) in [5.74, 6) is 0.393. The number of nitrogens with one attached hydrogen (secondary N) is 1. The number of aliphatic hydroxyl groups is 1. The van der Waals surface area contributed by atoms with Crippen LogP contribution in [0.4, 0.5) is 0 Å². The molecular weight excluding hydrogens is 242 g/mol. The summed E-state index contributed by atoms with van der Waals surface area (Å²) in [5.41, 5.74) is 1.13. The molecule has 0 heterocycles. The fourth-order valence-electron chi connectivity index (χ4n) is 1.92. The summed E-state index contributed by atoms with van der Waals surface area (Å²) in [6, 6.07) is 5.51. The van der Waals surface area contributed by atoms with Crippen LogP contribution in [0.3, 0.4) is 0 Å². The molecule has 1 aromatic carbocycles. The maximum atomic E-state index is 12.4. The van der Waals surface area contributed by atoms with Gasteiger partial charge in [-0.15, -0.1) is 0 Å². The number of methoxy groups -OCH3 is 1.